The van der Waals surface area contributed by atoms with Crippen molar-refractivity contribution in [3.05, 3.63) is 45.6 Å². The third-order valence-electron chi connectivity index (χ3n) is 5.68. The fourth-order valence-corrected chi connectivity index (χ4v) is 4.73. The van der Waals surface area contributed by atoms with Gasteiger partial charge in [0.1, 0.15) is 5.60 Å². The van der Waals surface area contributed by atoms with Crippen LogP contribution in [0.5, 0.6) is 0 Å². The maximum absolute atomic E-state index is 13.6. The first-order valence-electron chi connectivity index (χ1n) is 11.3. The topological polar surface area (TPSA) is 123 Å². The average molecular weight is 543 g/mol. The zero-order chi connectivity index (χ0) is 26.8. The molecule has 2 atom stereocenters. The van der Waals surface area contributed by atoms with Crippen LogP contribution in [0.25, 0.3) is 0 Å². The van der Waals surface area contributed by atoms with Gasteiger partial charge in [-0.25, -0.2) is 9.59 Å². The summed E-state index contributed by atoms with van der Waals surface area (Å²) in [5.74, 6) is -3.20. The molecule has 1 saturated heterocycles. The van der Waals surface area contributed by atoms with Crippen molar-refractivity contribution in [2.75, 3.05) is 19.7 Å². The number of benzene rings is 1. The largest absolute Gasteiger partial charge is 0.509 e. The fraction of sp³-hybridized carbons (Fsp3) is 0.500. The van der Waals surface area contributed by atoms with Crippen molar-refractivity contribution >= 4 is 47.3 Å². The molecule has 0 bridgehead atoms. The first kappa shape index (κ1) is 27.6. The molecule has 1 fully saturated rings. The Labute approximate surface area is 218 Å². The van der Waals surface area contributed by atoms with Gasteiger partial charge in [0.15, 0.2) is 5.60 Å². The predicted molar refractivity (Wildman–Crippen MR) is 129 cm³/mol. The van der Waals surface area contributed by atoms with Crippen molar-refractivity contribution < 1.29 is 38.5 Å². The summed E-state index contributed by atoms with van der Waals surface area (Å²) < 4.78 is 16.1. The van der Waals surface area contributed by atoms with Crippen molar-refractivity contribution in [3.8, 4) is 0 Å². The number of carboxylic acid groups (broad SMARTS) is 1. The summed E-state index contributed by atoms with van der Waals surface area (Å²) in [4.78, 5) is 53.4. The molecule has 2 heterocycles. The van der Waals surface area contributed by atoms with E-state index < -0.39 is 47.7 Å². The van der Waals surface area contributed by atoms with Crippen LogP contribution in [0.1, 0.15) is 39.7 Å². The van der Waals surface area contributed by atoms with E-state index in [1.165, 1.54) is 15.9 Å². The van der Waals surface area contributed by atoms with E-state index >= 15 is 0 Å². The summed E-state index contributed by atoms with van der Waals surface area (Å²) in [7, 11) is 0. The highest BCUT2D eigenvalue weighted by molar-refractivity contribution is 6.35. The van der Waals surface area contributed by atoms with Gasteiger partial charge in [-0.15, -0.1) is 0 Å². The molecule has 0 aromatic heterocycles. The number of nitrogens with zero attached hydrogens (tertiary/aromatic N) is 2. The Balaban J connectivity index is 2.09. The fourth-order valence-electron chi connectivity index (χ4n) is 4.26. The lowest BCUT2D eigenvalue weighted by atomic mass is 9.83. The molecular weight excluding hydrogens is 515 g/mol. The standard InChI is InChI=1S/C24H28Cl2N2O8/c1-5-34-22(33)36-24-13-27(21(32)35-23(2,3)4)9-8-18(24)28(20(31)16(24)11-19(29)30)12-14-6-7-15(25)10-17(14)26/h6-8,10,16H,5,9,11-13H2,1-4H3,(H,29,30)/t16-,24-/m1/s1. The minimum atomic E-state index is -1.81. The molecule has 36 heavy (non-hydrogen) atoms. The lowest BCUT2D eigenvalue weighted by Gasteiger charge is -2.41. The second-order valence-corrected chi connectivity index (χ2v) is 10.3. The van der Waals surface area contributed by atoms with Crippen molar-refractivity contribution in [1.29, 1.82) is 0 Å². The zero-order valence-corrected chi connectivity index (χ0v) is 21.9. The van der Waals surface area contributed by atoms with Gasteiger partial charge in [-0.05, 0) is 51.5 Å². The Kier molecular flexibility index (Phi) is 8.10. The van der Waals surface area contributed by atoms with Gasteiger partial charge >= 0.3 is 18.2 Å². The summed E-state index contributed by atoms with van der Waals surface area (Å²) >= 11 is 12.3. The number of hydrogen-bond acceptors (Lipinski definition) is 7. The second-order valence-electron chi connectivity index (χ2n) is 9.44. The zero-order valence-electron chi connectivity index (χ0n) is 20.4. The number of fused-ring (bicyclic) bond motifs is 1. The normalized spacial score (nSPS) is 21.6. The molecule has 0 radical (unpaired) electrons. The van der Waals surface area contributed by atoms with Crippen LogP contribution in [0.15, 0.2) is 30.0 Å². The Morgan fingerprint density at radius 3 is 2.50 bits per heavy atom. The van der Waals surface area contributed by atoms with Crippen LogP contribution in [0.3, 0.4) is 0 Å². The molecule has 1 aromatic carbocycles. The van der Waals surface area contributed by atoms with Gasteiger partial charge in [0.2, 0.25) is 5.91 Å². The van der Waals surface area contributed by atoms with E-state index in [1.807, 2.05) is 0 Å². The van der Waals surface area contributed by atoms with Crippen molar-refractivity contribution in [1.82, 2.24) is 9.80 Å². The summed E-state index contributed by atoms with van der Waals surface area (Å²) in [5, 5.41) is 10.3. The molecule has 2 aliphatic heterocycles. The van der Waals surface area contributed by atoms with Crippen molar-refractivity contribution in [2.24, 2.45) is 5.92 Å². The summed E-state index contributed by atoms with van der Waals surface area (Å²) in [6, 6.07) is 4.78. The molecule has 0 saturated carbocycles. The third-order valence-corrected chi connectivity index (χ3v) is 6.27. The lowest BCUT2D eigenvalue weighted by molar-refractivity contribution is -0.146. The highest BCUT2D eigenvalue weighted by Gasteiger charge is 2.62. The molecule has 12 heteroatoms. The summed E-state index contributed by atoms with van der Waals surface area (Å²) in [6.07, 6.45) is -0.895. The van der Waals surface area contributed by atoms with Gasteiger partial charge in [-0.3, -0.25) is 14.5 Å². The SMILES string of the molecule is CCOC(=O)O[C@@]12CN(C(=O)OC(C)(C)C)CC=C1N(Cc1ccc(Cl)cc1Cl)C(=O)[C@H]2CC(=O)O. The van der Waals surface area contributed by atoms with E-state index in [2.05, 4.69) is 0 Å². The smallest absolute Gasteiger partial charge is 0.481 e. The minimum absolute atomic E-state index is 0.00855. The third kappa shape index (κ3) is 5.87. The van der Waals surface area contributed by atoms with Crippen LogP contribution in [0.4, 0.5) is 9.59 Å². The number of likely N-dealkylation sites (tertiary alicyclic amines) is 1. The van der Waals surface area contributed by atoms with Gasteiger partial charge in [0.25, 0.3) is 0 Å². The Morgan fingerprint density at radius 2 is 1.92 bits per heavy atom. The second kappa shape index (κ2) is 10.6. The number of carbonyl (C=O) groups excluding carboxylic acids is 3. The Bertz CT molecular complexity index is 1100. The van der Waals surface area contributed by atoms with E-state index in [4.69, 9.17) is 37.4 Å². The maximum atomic E-state index is 13.6. The Morgan fingerprint density at radius 1 is 1.22 bits per heavy atom. The number of halogens is 2. The van der Waals surface area contributed by atoms with E-state index in [0.717, 1.165) is 0 Å². The molecule has 0 aliphatic carbocycles. The van der Waals surface area contributed by atoms with Gasteiger partial charge < -0.3 is 24.2 Å². The number of amides is 2. The molecule has 2 aliphatic rings. The molecule has 1 aromatic rings. The molecule has 3 rings (SSSR count). The van der Waals surface area contributed by atoms with Crippen LogP contribution in [-0.4, -0.2) is 69.9 Å². The molecule has 0 unspecified atom stereocenters. The van der Waals surface area contributed by atoms with Crippen molar-refractivity contribution in [2.45, 2.75) is 51.9 Å². The summed E-state index contributed by atoms with van der Waals surface area (Å²) in [5.41, 5.74) is -1.82. The van der Waals surface area contributed by atoms with Gasteiger partial charge in [0.05, 0.1) is 37.7 Å². The molecule has 196 valence electrons. The predicted octanol–water partition coefficient (Wildman–Crippen LogP) is 4.47. The van der Waals surface area contributed by atoms with Crippen LogP contribution in [0, 0.1) is 5.92 Å². The monoisotopic (exact) mass is 542 g/mol. The highest BCUT2D eigenvalue weighted by atomic mass is 35.5. The van der Waals surface area contributed by atoms with E-state index in [1.54, 1.807) is 45.9 Å². The number of aliphatic carboxylic acids is 1. The average Bonchev–Trinajstić information content (AvgIpc) is 2.96. The molecule has 0 spiro atoms. The molecule has 2 amide bonds. The van der Waals surface area contributed by atoms with Crippen LogP contribution < -0.4 is 0 Å². The Hall–Kier alpha value is -2.98. The van der Waals surface area contributed by atoms with Gasteiger partial charge in [-0.2, -0.15) is 0 Å². The van der Waals surface area contributed by atoms with Crippen molar-refractivity contribution in [3.63, 3.8) is 0 Å². The maximum Gasteiger partial charge on any atom is 0.509 e. The first-order valence-corrected chi connectivity index (χ1v) is 12.0. The molecule has 1 N–H and O–H groups in total. The molecular formula is C24H28Cl2N2O8. The van der Waals surface area contributed by atoms with E-state index in [0.29, 0.717) is 15.6 Å². The van der Waals surface area contributed by atoms with E-state index in [9.17, 15) is 24.3 Å². The van der Waals surface area contributed by atoms with Gasteiger partial charge in [-0.1, -0.05) is 29.3 Å². The highest BCUT2D eigenvalue weighted by Crippen LogP contribution is 2.47. The number of rotatable bonds is 6. The van der Waals surface area contributed by atoms with Crippen LogP contribution >= 0.6 is 23.2 Å². The number of ether oxygens (including phenoxy) is 3. The minimum Gasteiger partial charge on any atom is -0.481 e. The quantitative estimate of drug-likeness (QED) is 0.522. The van der Waals surface area contributed by atoms with Crippen LogP contribution in [-0.2, 0) is 30.3 Å². The lowest BCUT2D eigenvalue weighted by Crippen LogP contribution is -2.56. The first-order chi connectivity index (χ1) is 16.8. The number of carboxylic acids is 1. The summed E-state index contributed by atoms with van der Waals surface area (Å²) in [6.45, 7) is 6.37. The molecule has 10 nitrogen and oxygen atoms in total. The van der Waals surface area contributed by atoms with Gasteiger partial charge in [0, 0.05) is 16.6 Å². The number of carbonyl (C=O) groups is 4. The van der Waals surface area contributed by atoms with E-state index in [-0.39, 0.29) is 31.9 Å². The number of hydrogen-bond donors (Lipinski definition) is 1. The van der Waals surface area contributed by atoms with Crippen LogP contribution in [0.2, 0.25) is 10.0 Å².